The highest BCUT2D eigenvalue weighted by Gasteiger charge is 2.44. The topological polar surface area (TPSA) is 98.8 Å². The molecular weight excluding hydrogens is 396 g/mol. The number of hydrogen-bond donors (Lipinski definition) is 2. The molecular formula is C20H19ClN4O4. The fraction of sp³-hybridized carbons (Fsp3) is 0.200. The minimum absolute atomic E-state index is 0.243. The molecule has 29 heavy (non-hydrogen) atoms. The maximum Gasteiger partial charge on any atom is 0.332 e. The lowest BCUT2D eigenvalue weighted by Crippen LogP contribution is -2.39. The summed E-state index contributed by atoms with van der Waals surface area (Å²) in [5.41, 5.74) is 1.42. The third-order valence-corrected chi connectivity index (χ3v) is 4.76. The maximum absolute atomic E-state index is 12.7. The molecule has 1 atom stereocenters. The number of anilines is 2. The van der Waals surface area contributed by atoms with Crippen molar-refractivity contribution in [1.29, 1.82) is 0 Å². The molecule has 1 heterocycles. The van der Waals surface area contributed by atoms with E-state index in [-0.39, 0.29) is 5.91 Å². The highest BCUT2D eigenvalue weighted by molar-refractivity contribution is 6.30. The van der Waals surface area contributed by atoms with Crippen LogP contribution in [0.5, 0.6) is 0 Å². The van der Waals surface area contributed by atoms with Crippen LogP contribution in [0.2, 0.25) is 5.02 Å². The Bertz CT molecular complexity index is 959. The average Bonchev–Trinajstić information content (AvgIpc) is 2.92. The van der Waals surface area contributed by atoms with Gasteiger partial charge in [-0.05, 0) is 55.5 Å². The lowest BCUT2D eigenvalue weighted by atomic mass is 10.2. The van der Waals surface area contributed by atoms with Crippen LogP contribution in [-0.2, 0) is 9.59 Å². The van der Waals surface area contributed by atoms with Crippen molar-refractivity contribution in [3.8, 4) is 0 Å². The van der Waals surface area contributed by atoms with Gasteiger partial charge in [-0.2, -0.15) is 0 Å². The van der Waals surface area contributed by atoms with Crippen LogP contribution in [0.3, 0.4) is 0 Å². The maximum atomic E-state index is 12.7. The number of carbonyl (C=O) groups is 4. The zero-order chi connectivity index (χ0) is 21.1. The second-order valence-corrected chi connectivity index (χ2v) is 6.87. The van der Waals surface area contributed by atoms with Crippen LogP contribution in [-0.4, -0.2) is 48.3 Å². The number of hydrogen-bond acceptors (Lipinski definition) is 4. The molecule has 0 spiro atoms. The first-order valence-corrected chi connectivity index (χ1v) is 9.21. The Morgan fingerprint density at radius 3 is 2.24 bits per heavy atom. The number of amides is 5. The van der Waals surface area contributed by atoms with Crippen molar-refractivity contribution in [3.05, 3.63) is 59.1 Å². The number of nitrogens with zero attached hydrogens (tertiary/aromatic N) is 2. The fourth-order valence-electron chi connectivity index (χ4n) is 3.00. The number of carbonyl (C=O) groups excluding carboxylic acids is 4. The number of urea groups is 1. The Morgan fingerprint density at radius 1 is 1.03 bits per heavy atom. The molecule has 0 bridgehead atoms. The van der Waals surface area contributed by atoms with Crippen LogP contribution < -0.4 is 15.5 Å². The minimum Gasteiger partial charge on any atom is -0.355 e. The van der Waals surface area contributed by atoms with Crippen LogP contribution >= 0.6 is 11.6 Å². The molecule has 2 aromatic rings. The van der Waals surface area contributed by atoms with Gasteiger partial charge in [0.1, 0.15) is 12.6 Å². The standard InChI is InChI=1S/C20H19ClN4O4/c1-12-19(28)24(20(29)25(12)16-9-5-14(21)6-10-16)11-17(26)23-15-7-3-13(4-8-15)18(27)22-2/h3-10,12H,11H2,1-2H3,(H,22,27)(H,23,26)/t12-/m0/s1. The van der Waals surface area contributed by atoms with Gasteiger partial charge in [-0.3, -0.25) is 24.2 Å². The Labute approximate surface area is 172 Å². The SMILES string of the molecule is CNC(=O)c1ccc(NC(=O)CN2C(=O)[C@H](C)N(c3ccc(Cl)cc3)C2=O)cc1. The summed E-state index contributed by atoms with van der Waals surface area (Å²) in [5.74, 6) is -1.23. The van der Waals surface area contributed by atoms with Gasteiger partial charge < -0.3 is 10.6 Å². The summed E-state index contributed by atoms with van der Waals surface area (Å²) in [6.07, 6.45) is 0. The molecule has 0 unspecified atom stereocenters. The van der Waals surface area contributed by atoms with E-state index in [9.17, 15) is 19.2 Å². The van der Waals surface area contributed by atoms with Crippen molar-refractivity contribution in [2.75, 3.05) is 23.8 Å². The van der Waals surface area contributed by atoms with Crippen LogP contribution in [0, 0.1) is 0 Å². The summed E-state index contributed by atoms with van der Waals surface area (Å²) >= 11 is 5.87. The molecule has 1 fully saturated rings. The molecule has 0 radical (unpaired) electrons. The highest BCUT2D eigenvalue weighted by atomic mass is 35.5. The predicted octanol–water partition coefficient (Wildman–Crippen LogP) is 2.50. The zero-order valence-electron chi connectivity index (χ0n) is 15.8. The zero-order valence-corrected chi connectivity index (χ0v) is 16.6. The summed E-state index contributed by atoms with van der Waals surface area (Å²) in [6.45, 7) is 1.19. The van der Waals surface area contributed by atoms with Crippen LogP contribution in [0.15, 0.2) is 48.5 Å². The van der Waals surface area contributed by atoms with Crippen LogP contribution in [0.25, 0.3) is 0 Å². The quantitative estimate of drug-likeness (QED) is 0.734. The van der Waals surface area contributed by atoms with E-state index < -0.39 is 30.4 Å². The van der Waals surface area contributed by atoms with E-state index in [1.165, 1.54) is 11.9 Å². The van der Waals surface area contributed by atoms with Gasteiger partial charge in [0.05, 0.1) is 0 Å². The smallest absolute Gasteiger partial charge is 0.332 e. The number of imide groups is 1. The largest absolute Gasteiger partial charge is 0.355 e. The lowest BCUT2D eigenvalue weighted by Gasteiger charge is -2.19. The third-order valence-electron chi connectivity index (χ3n) is 4.51. The van der Waals surface area contributed by atoms with E-state index in [4.69, 9.17) is 11.6 Å². The molecule has 2 aromatic carbocycles. The van der Waals surface area contributed by atoms with Crippen molar-refractivity contribution in [2.45, 2.75) is 13.0 Å². The summed E-state index contributed by atoms with van der Waals surface area (Å²) in [7, 11) is 1.52. The van der Waals surface area contributed by atoms with Gasteiger partial charge in [0.2, 0.25) is 5.91 Å². The first-order chi connectivity index (χ1) is 13.8. The Balaban J connectivity index is 1.68. The summed E-state index contributed by atoms with van der Waals surface area (Å²) in [5, 5.41) is 5.63. The molecule has 1 aliphatic rings. The first kappa shape index (κ1) is 20.3. The highest BCUT2D eigenvalue weighted by Crippen LogP contribution is 2.27. The molecule has 150 valence electrons. The fourth-order valence-corrected chi connectivity index (χ4v) is 3.13. The van der Waals surface area contributed by atoms with Crippen molar-refractivity contribution in [1.82, 2.24) is 10.2 Å². The van der Waals surface area contributed by atoms with Gasteiger partial charge in [0.25, 0.3) is 11.8 Å². The first-order valence-electron chi connectivity index (χ1n) is 8.84. The molecule has 9 heteroatoms. The summed E-state index contributed by atoms with van der Waals surface area (Å²) in [6, 6.07) is 11.5. The molecule has 2 N–H and O–H groups in total. The Hall–Kier alpha value is -3.39. The molecule has 0 aromatic heterocycles. The molecule has 1 aliphatic heterocycles. The molecule has 8 nitrogen and oxygen atoms in total. The monoisotopic (exact) mass is 414 g/mol. The molecule has 0 saturated carbocycles. The summed E-state index contributed by atoms with van der Waals surface area (Å²) in [4.78, 5) is 51.4. The van der Waals surface area contributed by atoms with Crippen molar-refractivity contribution >= 4 is 46.7 Å². The van der Waals surface area contributed by atoms with E-state index in [1.807, 2.05) is 0 Å². The van der Waals surface area contributed by atoms with Crippen LogP contribution in [0.4, 0.5) is 16.2 Å². The van der Waals surface area contributed by atoms with Crippen LogP contribution in [0.1, 0.15) is 17.3 Å². The van der Waals surface area contributed by atoms with Gasteiger partial charge in [-0.25, -0.2) is 4.79 Å². The Kier molecular flexibility index (Phi) is 5.84. The number of benzene rings is 2. The molecule has 3 rings (SSSR count). The van der Waals surface area contributed by atoms with Gasteiger partial charge in [0, 0.05) is 29.0 Å². The van der Waals surface area contributed by atoms with E-state index in [2.05, 4.69) is 10.6 Å². The lowest BCUT2D eigenvalue weighted by molar-refractivity contribution is -0.130. The van der Waals surface area contributed by atoms with Crippen molar-refractivity contribution in [3.63, 3.8) is 0 Å². The molecule has 5 amide bonds. The Morgan fingerprint density at radius 2 is 1.66 bits per heavy atom. The third kappa shape index (κ3) is 4.22. The number of halogens is 1. The minimum atomic E-state index is -0.733. The molecule has 0 aliphatic carbocycles. The normalized spacial score (nSPS) is 16.2. The van der Waals surface area contributed by atoms with E-state index >= 15 is 0 Å². The summed E-state index contributed by atoms with van der Waals surface area (Å²) < 4.78 is 0. The van der Waals surface area contributed by atoms with Gasteiger partial charge in [-0.15, -0.1) is 0 Å². The number of rotatable bonds is 5. The second-order valence-electron chi connectivity index (χ2n) is 6.43. The van der Waals surface area contributed by atoms with E-state index in [0.29, 0.717) is 22.0 Å². The van der Waals surface area contributed by atoms with E-state index in [1.54, 1.807) is 55.5 Å². The van der Waals surface area contributed by atoms with E-state index in [0.717, 1.165) is 4.90 Å². The predicted molar refractivity (Wildman–Crippen MR) is 109 cm³/mol. The average molecular weight is 415 g/mol. The van der Waals surface area contributed by atoms with Gasteiger partial charge in [-0.1, -0.05) is 11.6 Å². The number of nitrogens with one attached hydrogen (secondary N) is 2. The van der Waals surface area contributed by atoms with Gasteiger partial charge in [0.15, 0.2) is 0 Å². The van der Waals surface area contributed by atoms with Crippen molar-refractivity contribution < 1.29 is 19.2 Å². The van der Waals surface area contributed by atoms with Gasteiger partial charge >= 0.3 is 6.03 Å². The van der Waals surface area contributed by atoms with Crippen molar-refractivity contribution in [2.24, 2.45) is 0 Å². The molecule has 1 saturated heterocycles. The second kappa shape index (κ2) is 8.32.